The molecule has 18 heavy (non-hydrogen) atoms. The van der Waals surface area contributed by atoms with Crippen molar-refractivity contribution in [2.24, 2.45) is 0 Å². The molecule has 0 aliphatic carbocycles. The highest BCUT2D eigenvalue weighted by Crippen LogP contribution is 2.24. The summed E-state index contributed by atoms with van der Waals surface area (Å²) in [6.45, 7) is 5.55. The van der Waals surface area contributed by atoms with E-state index in [-0.39, 0.29) is 6.04 Å². The van der Waals surface area contributed by atoms with E-state index in [9.17, 15) is 0 Å². The molecule has 0 spiro atoms. The van der Waals surface area contributed by atoms with Gasteiger partial charge in [-0.15, -0.1) is 11.3 Å². The molecule has 0 aliphatic rings. The van der Waals surface area contributed by atoms with Gasteiger partial charge in [0.2, 0.25) is 5.95 Å². The average Bonchev–Trinajstić information content (AvgIpc) is 2.97. The first kappa shape index (κ1) is 13.0. The van der Waals surface area contributed by atoms with E-state index in [1.165, 1.54) is 0 Å². The molecule has 0 saturated carbocycles. The fourth-order valence-corrected chi connectivity index (χ4v) is 2.56. The highest BCUT2D eigenvalue weighted by molar-refractivity contribution is 7.09. The van der Waals surface area contributed by atoms with Crippen LogP contribution in [-0.2, 0) is 4.74 Å². The van der Waals surface area contributed by atoms with E-state index in [2.05, 4.69) is 32.2 Å². The number of nitrogens with one attached hydrogen (secondary N) is 1. The molecule has 5 nitrogen and oxygen atoms in total. The minimum atomic E-state index is 0.191. The van der Waals surface area contributed by atoms with Crippen LogP contribution in [0.25, 0.3) is 0 Å². The topological polar surface area (TPSA) is 52.0 Å². The van der Waals surface area contributed by atoms with Gasteiger partial charge in [-0.3, -0.25) is 0 Å². The molecule has 0 amide bonds. The zero-order valence-electron chi connectivity index (χ0n) is 10.9. The predicted octanol–water partition coefficient (Wildman–Crippen LogP) is 2.32. The summed E-state index contributed by atoms with van der Waals surface area (Å²) in [6, 6.07) is 0.191. The summed E-state index contributed by atoms with van der Waals surface area (Å²) in [7, 11) is 1.69. The molecule has 0 fully saturated rings. The van der Waals surface area contributed by atoms with E-state index in [1.807, 2.05) is 13.1 Å². The van der Waals surface area contributed by atoms with Crippen LogP contribution in [-0.4, -0.2) is 34.8 Å². The lowest BCUT2D eigenvalue weighted by Gasteiger charge is -2.14. The standard InChI is InChI=1S/C12H18N4OS/c1-9-8-18-11(15-9)10(2)16-6-4-13-12(16)14-5-7-17-3/h4,6,8,10H,5,7H2,1-3H3,(H,13,14). The monoisotopic (exact) mass is 266 g/mol. The maximum atomic E-state index is 5.02. The number of anilines is 1. The summed E-state index contributed by atoms with van der Waals surface area (Å²) >= 11 is 1.68. The molecule has 0 aliphatic heterocycles. The molecule has 2 rings (SSSR count). The van der Waals surface area contributed by atoms with Crippen LogP contribution in [0.5, 0.6) is 0 Å². The SMILES string of the molecule is COCCNc1nccn1C(C)c1nc(C)cs1. The number of methoxy groups -OCH3 is 1. The molecule has 6 heteroatoms. The van der Waals surface area contributed by atoms with Gasteiger partial charge in [-0.1, -0.05) is 0 Å². The predicted molar refractivity (Wildman–Crippen MR) is 73.3 cm³/mol. The lowest BCUT2D eigenvalue weighted by molar-refractivity contribution is 0.210. The largest absolute Gasteiger partial charge is 0.383 e. The smallest absolute Gasteiger partial charge is 0.203 e. The Balaban J connectivity index is 2.10. The van der Waals surface area contributed by atoms with Gasteiger partial charge in [0.25, 0.3) is 0 Å². The summed E-state index contributed by atoms with van der Waals surface area (Å²) < 4.78 is 7.11. The molecule has 1 atom stereocenters. The zero-order chi connectivity index (χ0) is 13.0. The quantitative estimate of drug-likeness (QED) is 0.815. The molecule has 2 aromatic heterocycles. The van der Waals surface area contributed by atoms with E-state index >= 15 is 0 Å². The number of aryl methyl sites for hydroxylation is 1. The van der Waals surface area contributed by atoms with Crippen molar-refractivity contribution in [2.75, 3.05) is 25.6 Å². The van der Waals surface area contributed by atoms with Crippen LogP contribution in [0, 0.1) is 6.92 Å². The molecular weight excluding hydrogens is 248 g/mol. The number of nitrogens with zero attached hydrogens (tertiary/aromatic N) is 3. The summed E-state index contributed by atoms with van der Waals surface area (Å²) in [5.74, 6) is 0.854. The van der Waals surface area contributed by atoms with Gasteiger partial charge in [0, 0.05) is 37.1 Å². The van der Waals surface area contributed by atoms with Crippen LogP contribution in [0.2, 0.25) is 0 Å². The van der Waals surface area contributed by atoms with Crippen LogP contribution in [0.1, 0.15) is 23.7 Å². The summed E-state index contributed by atoms with van der Waals surface area (Å²) in [5, 5.41) is 6.42. The number of hydrogen-bond donors (Lipinski definition) is 1. The first-order chi connectivity index (χ1) is 8.72. The van der Waals surface area contributed by atoms with Crippen LogP contribution in [0.15, 0.2) is 17.8 Å². The highest BCUT2D eigenvalue weighted by Gasteiger charge is 2.14. The fraction of sp³-hybridized carbons (Fsp3) is 0.500. The van der Waals surface area contributed by atoms with Gasteiger partial charge < -0.3 is 14.6 Å². The lowest BCUT2D eigenvalue weighted by Crippen LogP contribution is -2.15. The van der Waals surface area contributed by atoms with Gasteiger partial charge in [-0.05, 0) is 13.8 Å². The molecule has 2 heterocycles. The van der Waals surface area contributed by atoms with Crippen molar-refractivity contribution < 1.29 is 4.74 Å². The molecular formula is C12H18N4OS. The third-order valence-corrected chi connectivity index (χ3v) is 3.80. The molecule has 2 aromatic rings. The van der Waals surface area contributed by atoms with E-state index in [0.717, 1.165) is 23.2 Å². The minimum absolute atomic E-state index is 0.191. The van der Waals surface area contributed by atoms with Gasteiger partial charge in [0.05, 0.1) is 12.6 Å². The molecule has 0 radical (unpaired) electrons. The van der Waals surface area contributed by atoms with Crippen molar-refractivity contribution in [3.63, 3.8) is 0 Å². The molecule has 0 aromatic carbocycles. The lowest BCUT2D eigenvalue weighted by atomic mass is 10.3. The Morgan fingerprint density at radius 1 is 1.56 bits per heavy atom. The third kappa shape index (κ3) is 2.88. The zero-order valence-corrected chi connectivity index (χ0v) is 11.7. The number of thiazole rings is 1. The normalized spacial score (nSPS) is 12.6. The van der Waals surface area contributed by atoms with Crippen LogP contribution in [0.3, 0.4) is 0 Å². The van der Waals surface area contributed by atoms with Crippen molar-refractivity contribution in [3.05, 3.63) is 28.5 Å². The Hall–Kier alpha value is -1.40. The maximum Gasteiger partial charge on any atom is 0.203 e. The van der Waals surface area contributed by atoms with E-state index in [4.69, 9.17) is 4.74 Å². The number of imidazole rings is 1. The second-order valence-corrected chi connectivity index (χ2v) is 4.97. The van der Waals surface area contributed by atoms with Crippen molar-refractivity contribution in [1.82, 2.24) is 14.5 Å². The first-order valence-electron chi connectivity index (χ1n) is 5.90. The van der Waals surface area contributed by atoms with Crippen LogP contribution in [0.4, 0.5) is 5.95 Å². The number of hydrogen-bond acceptors (Lipinski definition) is 5. The second kappa shape index (κ2) is 5.97. The second-order valence-electron chi connectivity index (χ2n) is 4.08. The summed E-state index contributed by atoms with van der Waals surface area (Å²) in [6.07, 6.45) is 3.77. The third-order valence-electron chi connectivity index (χ3n) is 2.67. The highest BCUT2D eigenvalue weighted by atomic mass is 32.1. The molecule has 1 unspecified atom stereocenters. The van der Waals surface area contributed by atoms with Crippen molar-refractivity contribution in [2.45, 2.75) is 19.9 Å². The van der Waals surface area contributed by atoms with Crippen LogP contribution >= 0.6 is 11.3 Å². The van der Waals surface area contributed by atoms with E-state index in [1.54, 1.807) is 24.6 Å². The van der Waals surface area contributed by atoms with Crippen LogP contribution < -0.4 is 5.32 Å². The molecule has 98 valence electrons. The number of aromatic nitrogens is 3. The van der Waals surface area contributed by atoms with Gasteiger partial charge in [-0.2, -0.15) is 0 Å². The number of rotatable bonds is 6. The minimum Gasteiger partial charge on any atom is -0.383 e. The van der Waals surface area contributed by atoms with Crippen molar-refractivity contribution in [3.8, 4) is 0 Å². The molecule has 0 bridgehead atoms. The van der Waals surface area contributed by atoms with E-state index < -0.39 is 0 Å². The molecule has 0 saturated heterocycles. The Morgan fingerprint density at radius 2 is 2.39 bits per heavy atom. The Morgan fingerprint density at radius 3 is 3.06 bits per heavy atom. The fourth-order valence-electron chi connectivity index (χ4n) is 1.71. The Bertz CT molecular complexity index is 494. The van der Waals surface area contributed by atoms with Crippen molar-refractivity contribution >= 4 is 17.3 Å². The van der Waals surface area contributed by atoms with Gasteiger partial charge in [-0.25, -0.2) is 9.97 Å². The van der Waals surface area contributed by atoms with Gasteiger partial charge in [0.15, 0.2) is 0 Å². The van der Waals surface area contributed by atoms with E-state index in [0.29, 0.717) is 6.61 Å². The summed E-state index contributed by atoms with van der Waals surface area (Å²) in [5.41, 5.74) is 1.07. The van der Waals surface area contributed by atoms with Gasteiger partial charge >= 0.3 is 0 Å². The first-order valence-corrected chi connectivity index (χ1v) is 6.78. The Labute approximate surface area is 111 Å². The van der Waals surface area contributed by atoms with Crippen molar-refractivity contribution in [1.29, 1.82) is 0 Å². The Kier molecular flexibility index (Phi) is 4.33. The molecule has 1 N–H and O–H groups in total. The van der Waals surface area contributed by atoms with Gasteiger partial charge in [0.1, 0.15) is 5.01 Å². The maximum absolute atomic E-state index is 5.02. The summed E-state index contributed by atoms with van der Waals surface area (Å²) in [4.78, 5) is 8.84. The number of ether oxygens (including phenoxy) is 1. The average molecular weight is 266 g/mol.